The molecule has 1 heteroatoms. The van der Waals surface area contributed by atoms with Crippen LogP contribution in [-0.2, 0) is 0 Å². The lowest BCUT2D eigenvalue weighted by atomic mass is 9.90. The highest BCUT2D eigenvalue weighted by molar-refractivity contribution is 4.88. The molecule has 0 rings (SSSR count). The van der Waals surface area contributed by atoms with E-state index < -0.39 is 0 Å². The molecule has 0 aromatic heterocycles. The SMILES string of the molecule is CC(C)C=CCC(C)(C)CO. The lowest BCUT2D eigenvalue weighted by Gasteiger charge is -2.18. The van der Waals surface area contributed by atoms with Crippen molar-refractivity contribution in [3.63, 3.8) is 0 Å². The second-order valence-corrected chi connectivity index (χ2v) is 4.20. The standard InChI is InChI=1S/C10H20O/c1-9(2)6-5-7-10(3,4)8-11/h5-6,9,11H,7-8H2,1-4H3. The van der Waals surface area contributed by atoms with Gasteiger partial charge >= 0.3 is 0 Å². The van der Waals surface area contributed by atoms with Crippen molar-refractivity contribution < 1.29 is 5.11 Å². The minimum absolute atomic E-state index is 0.0470. The molecule has 0 unspecified atom stereocenters. The zero-order valence-electron chi connectivity index (χ0n) is 8.09. The summed E-state index contributed by atoms with van der Waals surface area (Å²) in [7, 11) is 0. The van der Waals surface area contributed by atoms with Crippen molar-refractivity contribution in [3.8, 4) is 0 Å². The first-order valence-electron chi connectivity index (χ1n) is 4.25. The number of hydrogen-bond acceptors (Lipinski definition) is 1. The van der Waals surface area contributed by atoms with Gasteiger partial charge in [-0.1, -0.05) is 39.8 Å². The maximum absolute atomic E-state index is 8.93. The number of aliphatic hydroxyl groups excluding tert-OH is 1. The second kappa shape index (κ2) is 4.55. The van der Waals surface area contributed by atoms with Crippen molar-refractivity contribution in [1.82, 2.24) is 0 Å². The number of allylic oxidation sites excluding steroid dienone is 2. The molecule has 0 aromatic carbocycles. The van der Waals surface area contributed by atoms with E-state index >= 15 is 0 Å². The Morgan fingerprint density at radius 3 is 2.27 bits per heavy atom. The van der Waals surface area contributed by atoms with Crippen LogP contribution < -0.4 is 0 Å². The molecular formula is C10H20O. The normalized spacial score (nSPS) is 13.3. The predicted molar refractivity (Wildman–Crippen MR) is 49.5 cm³/mol. The highest BCUT2D eigenvalue weighted by Crippen LogP contribution is 2.19. The van der Waals surface area contributed by atoms with E-state index in [0.717, 1.165) is 6.42 Å². The summed E-state index contributed by atoms with van der Waals surface area (Å²) in [5, 5.41) is 8.93. The number of aliphatic hydroxyl groups is 1. The predicted octanol–water partition coefficient (Wildman–Crippen LogP) is 2.61. The molecule has 0 bridgehead atoms. The minimum Gasteiger partial charge on any atom is -0.396 e. The third-order valence-corrected chi connectivity index (χ3v) is 1.62. The Labute approximate surface area is 70.1 Å². The third kappa shape index (κ3) is 6.11. The first-order chi connectivity index (χ1) is 4.98. The van der Waals surface area contributed by atoms with Crippen molar-refractivity contribution in [2.75, 3.05) is 6.61 Å². The van der Waals surface area contributed by atoms with Crippen LogP contribution in [0.5, 0.6) is 0 Å². The van der Waals surface area contributed by atoms with Gasteiger partial charge in [0.25, 0.3) is 0 Å². The smallest absolute Gasteiger partial charge is 0.0485 e. The van der Waals surface area contributed by atoms with Crippen molar-refractivity contribution in [1.29, 1.82) is 0 Å². The molecule has 0 saturated carbocycles. The Bertz CT molecular complexity index is 123. The van der Waals surface area contributed by atoms with Gasteiger partial charge in [0, 0.05) is 6.61 Å². The fraction of sp³-hybridized carbons (Fsp3) is 0.800. The van der Waals surface area contributed by atoms with Crippen LogP contribution in [0, 0.1) is 11.3 Å². The van der Waals surface area contributed by atoms with Crippen molar-refractivity contribution in [2.45, 2.75) is 34.1 Å². The summed E-state index contributed by atoms with van der Waals surface area (Å²) >= 11 is 0. The molecule has 1 N–H and O–H groups in total. The van der Waals surface area contributed by atoms with Gasteiger partial charge in [0.2, 0.25) is 0 Å². The first kappa shape index (κ1) is 10.7. The molecule has 0 fully saturated rings. The zero-order chi connectivity index (χ0) is 8.91. The van der Waals surface area contributed by atoms with Gasteiger partial charge in [-0.3, -0.25) is 0 Å². The maximum atomic E-state index is 8.93. The lowest BCUT2D eigenvalue weighted by Crippen LogP contribution is -2.14. The van der Waals surface area contributed by atoms with Gasteiger partial charge in [-0.2, -0.15) is 0 Å². The number of rotatable bonds is 4. The summed E-state index contributed by atoms with van der Waals surface area (Å²) < 4.78 is 0. The monoisotopic (exact) mass is 156 g/mol. The third-order valence-electron chi connectivity index (χ3n) is 1.62. The van der Waals surface area contributed by atoms with Gasteiger partial charge in [-0.05, 0) is 17.8 Å². The van der Waals surface area contributed by atoms with Crippen LogP contribution in [0.2, 0.25) is 0 Å². The Kier molecular flexibility index (Phi) is 4.43. The summed E-state index contributed by atoms with van der Waals surface area (Å²) in [5.41, 5.74) is 0.0470. The molecule has 0 atom stereocenters. The summed E-state index contributed by atoms with van der Waals surface area (Å²) in [4.78, 5) is 0. The molecule has 0 aliphatic rings. The van der Waals surface area contributed by atoms with Crippen LogP contribution in [0.3, 0.4) is 0 Å². The van der Waals surface area contributed by atoms with Crippen LogP contribution in [-0.4, -0.2) is 11.7 Å². The molecule has 0 aliphatic carbocycles. The lowest BCUT2D eigenvalue weighted by molar-refractivity contribution is 0.162. The van der Waals surface area contributed by atoms with Crippen molar-refractivity contribution in [2.24, 2.45) is 11.3 Å². The maximum Gasteiger partial charge on any atom is 0.0485 e. The molecule has 0 heterocycles. The quantitative estimate of drug-likeness (QED) is 0.620. The van der Waals surface area contributed by atoms with Gasteiger partial charge in [-0.15, -0.1) is 0 Å². The van der Waals surface area contributed by atoms with Crippen LogP contribution >= 0.6 is 0 Å². The molecule has 0 aromatic rings. The topological polar surface area (TPSA) is 20.2 Å². The Hall–Kier alpha value is -0.300. The van der Waals surface area contributed by atoms with E-state index in [1.807, 2.05) is 0 Å². The molecule has 11 heavy (non-hydrogen) atoms. The van der Waals surface area contributed by atoms with E-state index in [9.17, 15) is 0 Å². The van der Waals surface area contributed by atoms with Gasteiger partial charge in [0.15, 0.2) is 0 Å². The van der Waals surface area contributed by atoms with Crippen LogP contribution in [0.25, 0.3) is 0 Å². The Morgan fingerprint density at radius 2 is 1.91 bits per heavy atom. The number of hydrogen-bond donors (Lipinski definition) is 1. The highest BCUT2D eigenvalue weighted by atomic mass is 16.3. The van der Waals surface area contributed by atoms with E-state index in [-0.39, 0.29) is 12.0 Å². The fourth-order valence-corrected chi connectivity index (χ4v) is 0.724. The molecule has 0 radical (unpaired) electrons. The van der Waals surface area contributed by atoms with E-state index in [2.05, 4.69) is 39.8 Å². The van der Waals surface area contributed by atoms with E-state index in [0.29, 0.717) is 5.92 Å². The fourth-order valence-electron chi connectivity index (χ4n) is 0.724. The van der Waals surface area contributed by atoms with Crippen molar-refractivity contribution in [3.05, 3.63) is 12.2 Å². The molecule has 1 nitrogen and oxygen atoms in total. The average Bonchev–Trinajstić information content (AvgIpc) is 1.87. The average molecular weight is 156 g/mol. The Balaban J connectivity index is 3.69. The van der Waals surface area contributed by atoms with Crippen LogP contribution in [0.1, 0.15) is 34.1 Å². The summed E-state index contributed by atoms with van der Waals surface area (Å²) in [6, 6.07) is 0. The van der Waals surface area contributed by atoms with E-state index in [1.54, 1.807) is 0 Å². The summed E-state index contributed by atoms with van der Waals surface area (Å²) in [6.07, 6.45) is 5.29. The van der Waals surface area contributed by atoms with E-state index in [1.165, 1.54) is 0 Å². The van der Waals surface area contributed by atoms with Gasteiger partial charge in [-0.25, -0.2) is 0 Å². The molecule has 0 saturated heterocycles. The van der Waals surface area contributed by atoms with Gasteiger partial charge < -0.3 is 5.11 Å². The molecule has 0 aliphatic heterocycles. The van der Waals surface area contributed by atoms with Crippen molar-refractivity contribution >= 4 is 0 Å². The molecule has 66 valence electrons. The Morgan fingerprint density at radius 1 is 1.36 bits per heavy atom. The first-order valence-corrected chi connectivity index (χ1v) is 4.25. The minimum atomic E-state index is 0.0470. The van der Waals surface area contributed by atoms with E-state index in [4.69, 9.17) is 5.11 Å². The van der Waals surface area contributed by atoms with Gasteiger partial charge in [0.05, 0.1) is 0 Å². The van der Waals surface area contributed by atoms with Gasteiger partial charge in [0.1, 0.15) is 0 Å². The van der Waals surface area contributed by atoms with Crippen LogP contribution in [0.4, 0.5) is 0 Å². The highest BCUT2D eigenvalue weighted by Gasteiger charge is 2.13. The second-order valence-electron chi connectivity index (χ2n) is 4.20. The summed E-state index contributed by atoms with van der Waals surface area (Å²) in [6.45, 7) is 8.70. The zero-order valence-corrected chi connectivity index (χ0v) is 8.09. The molecule has 0 spiro atoms. The largest absolute Gasteiger partial charge is 0.396 e. The van der Waals surface area contributed by atoms with Crippen LogP contribution in [0.15, 0.2) is 12.2 Å². The summed E-state index contributed by atoms with van der Waals surface area (Å²) in [5.74, 6) is 0.615. The molecular weight excluding hydrogens is 136 g/mol. The molecule has 0 amide bonds.